The smallest absolute Gasteiger partial charge is 0.207 e. The molecule has 0 aliphatic rings. The molecular weight excluding hydrogens is 170 g/mol. The number of thiazole rings is 1. The summed E-state index contributed by atoms with van der Waals surface area (Å²) in [4.78, 5) is 0.861. The number of nitrogens with two attached hydrogens (primary N) is 1. The van der Waals surface area contributed by atoms with Crippen LogP contribution in [-0.2, 0) is 12.5 Å². The summed E-state index contributed by atoms with van der Waals surface area (Å²) in [7, 11) is 1.99. The van der Waals surface area contributed by atoms with Crippen molar-refractivity contribution in [2.75, 3.05) is 0 Å². The van der Waals surface area contributed by atoms with Gasteiger partial charge >= 0.3 is 0 Å². The molecule has 0 atom stereocenters. The van der Waals surface area contributed by atoms with Crippen LogP contribution in [0.5, 0.6) is 0 Å². The second-order valence-corrected chi connectivity index (χ2v) is 4.68. The van der Waals surface area contributed by atoms with Crippen molar-refractivity contribution in [3.8, 4) is 0 Å². The Labute approximate surface area is 76.5 Å². The van der Waals surface area contributed by atoms with Crippen LogP contribution in [0.4, 0.5) is 0 Å². The first kappa shape index (κ1) is 9.32. The van der Waals surface area contributed by atoms with Gasteiger partial charge in [-0.3, -0.25) is 0 Å². The molecule has 0 spiro atoms. The molecule has 0 aliphatic carbocycles. The summed E-state index contributed by atoms with van der Waals surface area (Å²) in [5.41, 5.74) is 1.42. The van der Waals surface area contributed by atoms with E-state index in [1.54, 1.807) is 11.3 Å². The van der Waals surface area contributed by atoms with Gasteiger partial charge in [-0.05, 0) is 0 Å². The third-order valence-corrected chi connectivity index (χ3v) is 2.73. The van der Waals surface area contributed by atoms with E-state index in [0.717, 1.165) is 4.80 Å². The number of nitrogens with zero attached hydrogens (tertiary/aromatic N) is 2. The summed E-state index contributed by atoms with van der Waals surface area (Å²) in [5.74, 6) is 5.22. The van der Waals surface area contributed by atoms with Crippen LogP contribution in [0.3, 0.4) is 0 Å². The Morgan fingerprint density at radius 3 is 2.33 bits per heavy atom. The molecule has 0 fully saturated rings. The first-order valence-electron chi connectivity index (χ1n) is 3.85. The Morgan fingerprint density at radius 2 is 2.08 bits per heavy atom. The van der Waals surface area contributed by atoms with Crippen LogP contribution in [0.15, 0.2) is 10.5 Å². The second-order valence-electron chi connectivity index (χ2n) is 3.84. The van der Waals surface area contributed by atoms with Gasteiger partial charge in [0.2, 0.25) is 4.80 Å². The predicted molar refractivity (Wildman–Crippen MR) is 51.7 cm³/mol. The lowest BCUT2D eigenvalue weighted by atomic mass is 9.93. The minimum absolute atomic E-state index is 0.161. The molecule has 3 nitrogen and oxygen atoms in total. The van der Waals surface area contributed by atoms with Crippen molar-refractivity contribution in [1.29, 1.82) is 0 Å². The fraction of sp³-hybridized carbons (Fsp3) is 0.625. The van der Waals surface area contributed by atoms with E-state index in [4.69, 9.17) is 5.84 Å². The van der Waals surface area contributed by atoms with Crippen molar-refractivity contribution in [3.05, 3.63) is 15.9 Å². The molecule has 0 aromatic carbocycles. The van der Waals surface area contributed by atoms with Crippen LogP contribution in [0, 0.1) is 0 Å². The third kappa shape index (κ3) is 1.53. The standard InChI is InChI=1S/C8H15N3S/c1-8(2,3)6-5-12-7(10-9)11(6)4/h5H,9H2,1-4H3/b10-7-. The van der Waals surface area contributed by atoms with Gasteiger partial charge in [0.1, 0.15) is 0 Å². The Hall–Kier alpha value is -0.770. The van der Waals surface area contributed by atoms with Gasteiger partial charge in [-0.1, -0.05) is 20.8 Å². The van der Waals surface area contributed by atoms with Crippen molar-refractivity contribution in [2.24, 2.45) is 18.0 Å². The van der Waals surface area contributed by atoms with Crippen LogP contribution < -0.4 is 10.6 Å². The zero-order valence-corrected chi connectivity index (χ0v) is 8.77. The average molecular weight is 185 g/mol. The molecule has 0 aliphatic heterocycles. The Morgan fingerprint density at radius 1 is 1.50 bits per heavy atom. The van der Waals surface area contributed by atoms with E-state index in [1.807, 2.05) is 11.6 Å². The molecule has 1 aromatic heterocycles. The summed E-state index contributed by atoms with van der Waals surface area (Å²) in [6.07, 6.45) is 0. The fourth-order valence-electron chi connectivity index (χ4n) is 1.17. The molecular formula is C8H15N3S. The SMILES string of the molecule is Cn1c(C(C)(C)C)cs/c1=N\N. The predicted octanol–water partition coefficient (Wildman–Crippen LogP) is 1.16. The van der Waals surface area contributed by atoms with E-state index < -0.39 is 0 Å². The highest BCUT2D eigenvalue weighted by molar-refractivity contribution is 7.07. The maximum atomic E-state index is 5.22. The maximum Gasteiger partial charge on any atom is 0.207 e. The number of rotatable bonds is 0. The van der Waals surface area contributed by atoms with Crippen LogP contribution in [0.1, 0.15) is 26.5 Å². The highest BCUT2D eigenvalue weighted by Crippen LogP contribution is 2.21. The van der Waals surface area contributed by atoms with Crippen LogP contribution in [0.25, 0.3) is 0 Å². The van der Waals surface area contributed by atoms with E-state index in [9.17, 15) is 0 Å². The van der Waals surface area contributed by atoms with Gasteiger partial charge in [0.15, 0.2) is 0 Å². The minimum atomic E-state index is 0.161. The normalized spacial score (nSPS) is 13.8. The molecule has 1 aromatic rings. The molecule has 1 rings (SSSR count). The van der Waals surface area contributed by atoms with Crippen LogP contribution in [0.2, 0.25) is 0 Å². The molecule has 0 unspecified atom stereocenters. The van der Waals surface area contributed by atoms with Crippen molar-refractivity contribution in [1.82, 2.24) is 4.57 Å². The molecule has 0 amide bonds. The van der Waals surface area contributed by atoms with Gasteiger partial charge in [-0.15, -0.1) is 11.3 Å². The van der Waals surface area contributed by atoms with E-state index in [-0.39, 0.29) is 5.41 Å². The molecule has 1 heterocycles. The molecule has 12 heavy (non-hydrogen) atoms. The van der Waals surface area contributed by atoms with Crippen molar-refractivity contribution in [3.63, 3.8) is 0 Å². The van der Waals surface area contributed by atoms with Gasteiger partial charge in [-0.2, -0.15) is 5.10 Å². The Bertz CT molecular complexity index is 327. The third-order valence-electron chi connectivity index (χ3n) is 1.80. The maximum absolute atomic E-state index is 5.22. The van der Waals surface area contributed by atoms with Crippen molar-refractivity contribution < 1.29 is 0 Å². The average Bonchev–Trinajstić information content (AvgIpc) is 2.29. The number of hydrogen-bond donors (Lipinski definition) is 1. The van der Waals surface area contributed by atoms with Crippen LogP contribution in [-0.4, -0.2) is 4.57 Å². The molecule has 4 heteroatoms. The van der Waals surface area contributed by atoms with E-state index in [2.05, 4.69) is 31.3 Å². The zero-order valence-electron chi connectivity index (χ0n) is 7.96. The molecule has 68 valence electrons. The van der Waals surface area contributed by atoms with Gasteiger partial charge in [0.05, 0.1) is 0 Å². The summed E-state index contributed by atoms with van der Waals surface area (Å²) >= 11 is 1.57. The second kappa shape index (κ2) is 2.94. The lowest BCUT2D eigenvalue weighted by Crippen LogP contribution is -2.22. The Balaban J connectivity index is 3.30. The van der Waals surface area contributed by atoms with Gasteiger partial charge in [0, 0.05) is 23.5 Å². The largest absolute Gasteiger partial charge is 0.322 e. The summed E-state index contributed by atoms with van der Waals surface area (Å²) in [6, 6.07) is 0. The van der Waals surface area contributed by atoms with Crippen molar-refractivity contribution >= 4 is 11.3 Å². The monoisotopic (exact) mass is 185 g/mol. The molecule has 0 saturated heterocycles. The van der Waals surface area contributed by atoms with E-state index in [0.29, 0.717) is 0 Å². The summed E-state index contributed by atoms with van der Waals surface area (Å²) < 4.78 is 2.03. The van der Waals surface area contributed by atoms with E-state index >= 15 is 0 Å². The lowest BCUT2D eigenvalue weighted by molar-refractivity contribution is 0.537. The van der Waals surface area contributed by atoms with Gasteiger partial charge in [0.25, 0.3) is 0 Å². The molecule has 0 bridgehead atoms. The van der Waals surface area contributed by atoms with Gasteiger partial charge < -0.3 is 10.4 Å². The zero-order chi connectivity index (χ0) is 9.35. The van der Waals surface area contributed by atoms with Gasteiger partial charge in [-0.25, -0.2) is 0 Å². The van der Waals surface area contributed by atoms with Crippen molar-refractivity contribution in [2.45, 2.75) is 26.2 Å². The Kier molecular flexibility index (Phi) is 2.28. The van der Waals surface area contributed by atoms with Crippen LogP contribution >= 0.6 is 11.3 Å². The highest BCUT2D eigenvalue weighted by Gasteiger charge is 2.17. The van der Waals surface area contributed by atoms with E-state index in [1.165, 1.54) is 5.69 Å². The topological polar surface area (TPSA) is 43.3 Å². The fourth-order valence-corrected chi connectivity index (χ4v) is 2.21. The number of hydrogen-bond acceptors (Lipinski definition) is 3. The highest BCUT2D eigenvalue weighted by atomic mass is 32.1. The molecule has 0 saturated carbocycles. The first-order valence-corrected chi connectivity index (χ1v) is 4.73. The summed E-state index contributed by atoms with van der Waals surface area (Å²) in [5, 5.41) is 5.79. The molecule has 0 radical (unpaired) electrons. The molecule has 2 N–H and O–H groups in total. The number of aromatic nitrogens is 1. The minimum Gasteiger partial charge on any atom is -0.322 e. The first-order chi connectivity index (χ1) is 5.46. The lowest BCUT2D eigenvalue weighted by Gasteiger charge is -2.18. The summed E-state index contributed by atoms with van der Waals surface area (Å²) in [6.45, 7) is 6.53. The quantitative estimate of drug-likeness (QED) is 0.478.